The second kappa shape index (κ2) is 7.39. The van der Waals surface area contributed by atoms with Crippen molar-refractivity contribution in [2.75, 3.05) is 32.8 Å². The Morgan fingerprint density at radius 1 is 1.16 bits per heavy atom. The first-order valence-electron chi connectivity index (χ1n) is 8.37. The van der Waals surface area contributed by atoms with E-state index in [4.69, 9.17) is 4.74 Å². The molecule has 2 aromatic heterocycles. The van der Waals surface area contributed by atoms with Crippen LogP contribution in [-0.2, 0) is 16.0 Å². The van der Waals surface area contributed by atoms with E-state index in [9.17, 15) is 4.79 Å². The molecule has 1 fully saturated rings. The average Bonchev–Trinajstić information content (AvgIpc) is 3.16. The molecule has 5 nitrogen and oxygen atoms in total. The quantitative estimate of drug-likeness (QED) is 0.706. The number of hydrogen-bond acceptors (Lipinski definition) is 6. The van der Waals surface area contributed by atoms with Gasteiger partial charge in [0, 0.05) is 36.6 Å². The van der Waals surface area contributed by atoms with Gasteiger partial charge in [0.05, 0.1) is 36.6 Å². The van der Waals surface area contributed by atoms with E-state index < -0.39 is 0 Å². The first-order chi connectivity index (χ1) is 12.3. The van der Waals surface area contributed by atoms with Gasteiger partial charge in [0.1, 0.15) is 0 Å². The summed E-state index contributed by atoms with van der Waals surface area (Å²) in [5.74, 6) is 0.201. The van der Waals surface area contributed by atoms with Gasteiger partial charge in [0.2, 0.25) is 0 Å². The Hall–Kier alpha value is -2.15. The summed E-state index contributed by atoms with van der Waals surface area (Å²) >= 11 is 1.62. The van der Waals surface area contributed by atoms with Gasteiger partial charge in [-0.05, 0) is 23.1 Å². The molecule has 3 aromatic rings. The van der Waals surface area contributed by atoms with Crippen molar-refractivity contribution in [3.63, 3.8) is 0 Å². The molecule has 6 heteroatoms. The smallest absolute Gasteiger partial charge is 0.152 e. The molecule has 0 N–H and O–H groups in total. The normalized spacial score (nSPS) is 15.5. The number of Topliss-reactive ketones (excluding diaryl/α,β-unsaturated/α-hetero) is 1. The summed E-state index contributed by atoms with van der Waals surface area (Å²) in [4.78, 5) is 24.2. The number of ether oxygens (including phenoxy) is 1. The lowest BCUT2D eigenvalue weighted by atomic mass is 10.1. The standard InChI is InChI=1S/C19H19N3O2S/c23-18(12-22-3-5-24-6-4-22)9-17-8-16-7-14(19-11-20-13-25-19)1-2-15(16)10-21-17/h1-2,7-8,10-11,13H,3-6,9,12H2. The molecule has 0 spiro atoms. The molecule has 1 aliphatic rings. The maximum atomic E-state index is 12.3. The average molecular weight is 353 g/mol. The fraction of sp³-hybridized carbons (Fsp3) is 0.316. The number of pyridine rings is 1. The van der Waals surface area contributed by atoms with E-state index in [0.29, 0.717) is 26.2 Å². The van der Waals surface area contributed by atoms with Crippen LogP contribution in [0.3, 0.4) is 0 Å². The number of rotatable bonds is 5. The third kappa shape index (κ3) is 3.92. The highest BCUT2D eigenvalue weighted by molar-refractivity contribution is 7.13. The van der Waals surface area contributed by atoms with Crippen LogP contribution in [0.5, 0.6) is 0 Å². The van der Waals surface area contributed by atoms with Crippen LogP contribution >= 0.6 is 11.3 Å². The highest BCUT2D eigenvalue weighted by Gasteiger charge is 2.15. The van der Waals surface area contributed by atoms with Crippen molar-refractivity contribution in [1.82, 2.24) is 14.9 Å². The number of nitrogens with zero attached hydrogens (tertiary/aromatic N) is 3. The van der Waals surface area contributed by atoms with Crippen LogP contribution in [0.2, 0.25) is 0 Å². The van der Waals surface area contributed by atoms with Gasteiger partial charge >= 0.3 is 0 Å². The van der Waals surface area contributed by atoms with Crippen LogP contribution in [0, 0.1) is 0 Å². The number of hydrogen-bond donors (Lipinski definition) is 0. The highest BCUT2D eigenvalue weighted by atomic mass is 32.1. The number of fused-ring (bicyclic) bond motifs is 1. The molecular formula is C19H19N3O2S. The number of thiazole rings is 1. The Bertz CT molecular complexity index is 874. The zero-order valence-electron chi connectivity index (χ0n) is 13.9. The predicted molar refractivity (Wildman–Crippen MR) is 98.8 cm³/mol. The summed E-state index contributed by atoms with van der Waals surface area (Å²) in [7, 11) is 0. The first-order valence-corrected chi connectivity index (χ1v) is 9.25. The summed E-state index contributed by atoms with van der Waals surface area (Å²) in [6.07, 6.45) is 4.10. The van der Waals surface area contributed by atoms with Crippen molar-refractivity contribution in [2.24, 2.45) is 0 Å². The molecule has 1 aromatic carbocycles. The van der Waals surface area contributed by atoms with Gasteiger partial charge in [-0.3, -0.25) is 19.7 Å². The first kappa shape index (κ1) is 16.3. The number of carbonyl (C=O) groups excluding carboxylic acids is 1. The van der Waals surface area contributed by atoms with Crippen LogP contribution in [-0.4, -0.2) is 53.5 Å². The monoisotopic (exact) mass is 353 g/mol. The number of carbonyl (C=O) groups is 1. The largest absolute Gasteiger partial charge is 0.379 e. The van der Waals surface area contributed by atoms with E-state index in [2.05, 4.69) is 33.1 Å². The third-order valence-electron chi connectivity index (χ3n) is 4.38. The van der Waals surface area contributed by atoms with E-state index in [1.54, 1.807) is 11.3 Å². The lowest BCUT2D eigenvalue weighted by Crippen LogP contribution is -2.39. The molecule has 3 heterocycles. The van der Waals surface area contributed by atoms with E-state index >= 15 is 0 Å². The molecular weight excluding hydrogens is 334 g/mol. The van der Waals surface area contributed by atoms with E-state index in [0.717, 1.165) is 40.0 Å². The topological polar surface area (TPSA) is 55.3 Å². The van der Waals surface area contributed by atoms with Gasteiger partial charge in [-0.25, -0.2) is 0 Å². The zero-order valence-corrected chi connectivity index (χ0v) is 14.7. The predicted octanol–water partition coefficient (Wildman–Crippen LogP) is 2.80. The molecule has 128 valence electrons. The fourth-order valence-electron chi connectivity index (χ4n) is 3.06. The Morgan fingerprint density at radius 2 is 2.04 bits per heavy atom. The molecule has 0 saturated carbocycles. The number of morpholine rings is 1. The van der Waals surface area contributed by atoms with Gasteiger partial charge in [0.25, 0.3) is 0 Å². The van der Waals surface area contributed by atoms with E-state index in [1.165, 1.54) is 0 Å². The van der Waals surface area contributed by atoms with Crippen LogP contribution in [0.4, 0.5) is 0 Å². The Morgan fingerprint density at radius 3 is 2.84 bits per heavy atom. The van der Waals surface area contributed by atoms with Crippen molar-refractivity contribution in [2.45, 2.75) is 6.42 Å². The summed E-state index contributed by atoms with van der Waals surface area (Å²) in [6, 6.07) is 8.31. The van der Waals surface area contributed by atoms with E-state index in [1.807, 2.05) is 24.0 Å². The summed E-state index contributed by atoms with van der Waals surface area (Å²) in [6.45, 7) is 3.55. The van der Waals surface area contributed by atoms with Crippen molar-refractivity contribution < 1.29 is 9.53 Å². The summed E-state index contributed by atoms with van der Waals surface area (Å²) < 4.78 is 5.32. The number of ketones is 1. The molecule has 0 amide bonds. The van der Waals surface area contributed by atoms with Crippen LogP contribution in [0.15, 0.2) is 42.2 Å². The van der Waals surface area contributed by atoms with Crippen LogP contribution in [0.25, 0.3) is 21.2 Å². The van der Waals surface area contributed by atoms with Crippen LogP contribution in [0.1, 0.15) is 5.69 Å². The third-order valence-corrected chi connectivity index (χ3v) is 5.20. The number of aromatic nitrogens is 2. The van der Waals surface area contributed by atoms with Crippen molar-refractivity contribution in [3.05, 3.63) is 47.9 Å². The SMILES string of the molecule is O=C(Cc1cc2cc(-c3cncs3)ccc2cn1)CN1CCOCC1. The Labute approximate surface area is 150 Å². The molecule has 0 bridgehead atoms. The van der Waals surface area contributed by atoms with Crippen molar-refractivity contribution >= 4 is 27.9 Å². The highest BCUT2D eigenvalue weighted by Crippen LogP contribution is 2.27. The van der Waals surface area contributed by atoms with Gasteiger partial charge < -0.3 is 4.74 Å². The minimum atomic E-state index is 0.201. The Balaban J connectivity index is 1.50. The van der Waals surface area contributed by atoms with Crippen molar-refractivity contribution in [1.29, 1.82) is 0 Å². The summed E-state index contributed by atoms with van der Waals surface area (Å²) in [5, 5.41) is 2.19. The summed E-state index contributed by atoms with van der Waals surface area (Å²) in [5.41, 5.74) is 3.81. The maximum Gasteiger partial charge on any atom is 0.152 e. The fourth-order valence-corrected chi connectivity index (χ4v) is 3.68. The lowest BCUT2D eigenvalue weighted by molar-refractivity contribution is -0.120. The minimum Gasteiger partial charge on any atom is -0.379 e. The van der Waals surface area contributed by atoms with Gasteiger partial charge in [-0.2, -0.15) is 0 Å². The molecule has 25 heavy (non-hydrogen) atoms. The molecule has 1 saturated heterocycles. The molecule has 1 aliphatic heterocycles. The zero-order chi connectivity index (χ0) is 17.1. The minimum absolute atomic E-state index is 0.201. The molecule has 0 atom stereocenters. The number of benzene rings is 1. The molecule has 4 rings (SSSR count). The van der Waals surface area contributed by atoms with Crippen molar-refractivity contribution in [3.8, 4) is 10.4 Å². The molecule has 0 aliphatic carbocycles. The second-order valence-corrected chi connectivity index (χ2v) is 7.09. The van der Waals surface area contributed by atoms with E-state index in [-0.39, 0.29) is 5.78 Å². The van der Waals surface area contributed by atoms with Gasteiger partial charge in [-0.15, -0.1) is 11.3 Å². The molecule has 0 unspecified atom stereocenters. The maximum absolute atomic E-state index is 12.3. The second-order valence-electron chi connectivity index (χ2n) is 6.21. The van der Waals surface area contributed by atoms with Gasteiger partial charge in [-0.1, -0.05) is 12.1 Å². The molecule has 0 radical (unpaired) electrons. The van der Waals surface area contributed by atoms with Gasteiger partial charge in [0.15, 0.2) is 5.78 Å². The van der Waals surface area contributed by atoms with Crippen LogP contribution < -0.4 is 0 Å². The Kier molecular flexibility index (Phi) is 4.83. The lowest BCUT2D eigenvalue weighted by Gasteiger charge is -2.25.